The monoisotopic (exact) mass is 464 g/mol. The average molecular weight is 465 g/mol. The first-order chi connectivity index (χ1) is 16.5. The first-order valence-electron chi connectivity index (χ1n) is 11.2. The van der Waals surface area contributed by atoms with Crippen LogP contribution in [-0.2, 0) is 9.59 Å². The Bertz CT molecular complexity index is 1130. The zero-order chi connectivity index (χ0) is 23.9. The fourth-order valence-electron chi connectivity index (χ4n) is 3.89. The van der Waals surface area contributed by atoms with Crippen LogP contribution in [0.25, 0.3) is 11.5 Å². The molecule has 0 bridgehead atoms. The molecule has 1 fully saturated rings. The minimum Gasteiger partial charge on any atom is -0.495 e. The van der Waals surface area contributed by atoms with Crippen molar-refractivity contribution in [1.29, 1.82) is 0 Å². The molecule has 1 saturated heterocycles. The Morgan fingerprint density at radius 3 is 2.74 bits per heavy atom. The lowest BCUT2D eigenvalue weighted by atomic mass is 9.97. The molecular formula is C24H28N6O4. The van der Waals surface area contributed by atoms with E-state index in [4.69, 9.17) is 9.26 Å². The number of nitrogens with one attached hydrogen (secondary N) is 2. The Balaban J connectivity index is 1.20. The number of hydrogen-bond acceptors (Lipinski definition) is 8. The smallest absolute Gasteiger partial charge is 0.243 e. The van der Waals surface area contributed by atoms with E-state index in [2.05, 4.69) is 30.7 Å². The molecule has 0 spiro atoms. The second-order valence-electron chi connectivity index (χ2n) is 8.25. The number of anilines is 1. The maximum absolute atomic E-state index is 12.4. The second-order valence-corrected chi connectivity index (χ2v) is 8.25. The first-order valence-corrected chi connectivity index (χ1v) is 11.2. The molecule has 1 aliphatic heterocycles. The number of benzene rings is 1. The number of likely N-dealkylation sites (tertiary alicyclic amines) is 1. The van der Waals surface area contributed by atoms with Gasteiger partial charge in [0.15, 0.2) is 0 Å². The molecule has 3 heterocycles. The number of aromatic nitrogens is 3. The van der Waals surface area contributed by atoms with E-state index in [0.29, 0.717) is 28.8 Å². The van der Waals surface area contributed by atoms with E-state index in [1.54, 1.807) is 19.4 Å². The average Bonchev–Trinajstić information content (AvgIpc) is 3.34. The zero-order valence-corrected chi connectivity index (χ0v) is 19.3. The molecule has 10 heteroatoms. The Morgan fingerprint density at radius 2 is 2.00 bits per heavy atom. The predicted octanol–water partition coefficient (Wildman–Crippen LogP) is 2.38. The second kappa shape index (κ2) is 10.9. The quantitative estimate of drug-likeness (QED) is 0.521. The van der Waals surface area contributed by atoms with Gasteiger partial charge < -0.3 is 19.9 Å². The molecule has 0 unspecified atom stereocenters. The fraction of sp³-hybridized carbons (Fsp3) is 0.375. The van der Waals surface area contributed by atoms with Gasteiger partial charge in [0.05, 0.1) is 25.9 Å². The molecule has 0 radical (unpaired) electrons. The summed E-state index contributed by atoms with van der Waals surface area (Å²) in [7, 11) is 1.54. The maximum atomic E-state index is 12.4. The lowest BCUT2D eigenvalue weighted by Gasteiger charge is -2.29. The van der Waals surface area contributed by atoms with E-state index in [-0.39, 0.29) is 30.8 Å². The van der Waals surface area contributed by atoms with Crippen LogP contribution in [0.5, 0.6) is 5.75 Å². The third-order valence-corrected chi connectivity index (χ3v) is 5.71. The van der Waals surface area contributed by atoms with Crippen LogP contribution < -0.4 is 15.4 Å². The van der Waals surface area contributed by atoms with Gasteiger partial charge in [-0.2, -0.15) is 4.98 Å². The lowest BCUT2D eigenvalue weighted by molar-refractivity contribution is -0.125. The topological polar surface area (TPSA) is 122 Å². The van der Waals surface area contributed by atoms with Crippen molar-refractivity contribution in [3.8, 4) is 17.3 Å². The van der Waals surface area contributed by atoms with Crippen LogP contribution in [-0.4, -0.2) is 65.1 Å². The lowest BCUT2D eigenvalue weighted by Crippen LogP contribution is -2.43. The molecule has 2 amide bonds. The largest absolute Gasteiger partial charge is 0.495 e. The number of carbonyl (C=O) groups is 2. The van der Waals surface area contributed by atoms with Gasteiger partial charge in [-0.1, -0.05) is 17.3 Å². The standard InChI is InChI=1S/C24H28N6O4/c1-16-6-7-20(33-2)19(13-16)27-21(31)14-26-22(32)15-30-11-8-17(9-12-30)24-28-23(29-34-24)18-5-3-4-10-25-18/h3-7,10,13,17H,8-9,11-12,14-15H2,1-2H3,(H,26,32)(H,27,31). The number of rotatable bonds is 8. The number of aryl methyl sites for hydroxylation is 1. The third kappa shape index (κ3) is 5.96. The van der Waals surface area contributed by atoms with Crippen molar-refractivity contribution >= 4 is 17.5 Å². The zero-order valence-electron chi connectivity index (χ0n) is 19.3. The van der Waals surface area contributed by atoms with Crippen molar-refractivity contribution in [2.24, 2.45) is 0 Å². The predicted molar refractivity (Wildman–Crippen MR) is 125 cm³/mol. The molecule has 34 heavy (non-hydrogen) atoms. The SMILES string of the molecule is COc1ccc(C)cc1NC(=O)CNC(=O)CN1CCC(c2nc(-c3ccccn3)no2)CC1. The summed E-state index contributed by atoms with van der Waals surface area (Å²) in [6.45, 7) is 3.51. The van der Waals surface area contributed by atoms with Gasteiger partial charge in [-0.15, -0.1) is 0 Å². The van der Waals surface area contributed by atoms with E-state index in [9.17, 15) is 9.59 Å². The van der Waals surface area contributed by atoms with Gasteiger partial charge in [0.25, 0.3) is 0 Å². The Kier molecular flexibility index (Phi) is 7.48. The van der Waals surface area contributed by atoms with E-state index < -0.39 is 0 Å². The minimum absolute atomic E-state index is 0.106. The van der Waals surface area contributed by atoms with Gasteiger partial charge in [-0.3, -0.25) is 19.5 Å². The molecule has 4 rings (SSSR count). The van der Waals surface area contributed by atoms with Crippen LogP contribution in [0.4, 0.5) is 5.69 Å². The van der Waals surface area contributed by atoms with Crippen molar-refractivity contribution in [2.75, 3.05) is 38.6 Å². The highest BCUT2D eigenvalue weighted by atomic mass is 16.5. The number of carbonyl (C=O) groups excluding carboxylic acids is 2. The molecule has 178 valence electrons. The highest BCUT2D eigenvalue weighted by molar-refractivity contribution is 5.96. The number of pyridine rings is 1. The highest BCUT2D eigenvalue weighted by Crippen LogP contribution is 2.28. The van der Waals surface area contributed by atoms with Crippen LogP contribution in [0, 0.1) is 6.92 Å². The number of nitrogens with zero attached hydrogens (tertiary/aromatic N) is 4. The van der Waals surface area contributed by atoms with Crippen LogP contribution in [0.15, 0.2) is 47.1 Å². The molecule has 0 aliphatic carbocycles. The molecule has 0 atom stereocenters. The summed E-state index contributed by atoms with van der Waals surface area (Å²) in [5.74, 6) is 1.31. The Labute approximate surface area is 197 Å². The summed E-state index contributed by atoms with van der Waals surface area (Å²) in [5, 5.41) is 9.51. The Morgan fingerprint density at radius 1 is 1.18 bits per heavy atom. The summed E-state index contributed by atoms with van der Waals surface area (Å²) >= 11 is 0. The Hall–Kier alpha value is -3.79. The van der Waals surface area contributed by atoms with Crippen molar-refractivity contribution in [2.45, 2.75) is 25.7 Å². The normalized spacial score (nSPS) is 14.5. The van der Waals surface area contributed by atoms with Crippen molar-refractivity contribution in [3.63, 3.8) is 0 Å². The van der Waals surface area contributed by atoms with Gasteiger partial charge in [-0.25, -0.2) is 0 Å². The third-order valence-electron chi connectivity index (χ3n) is 5.71. The minimum atomic E-state index is -0.309. The number of methoxy groups -OCH3 is 1. The summed E-state index contributed by atoms with van der Waals surface area (Å²) in [4.78, 5) is 35.4. The summed E-state index contributed by atoms with van der Waals surface area (Å²) in [6, 6.07) is 11.1. The molecular weight excluding hydrogens is 436 g/mol. The van der Waals surface area contributed by atoms with Crippen LogP contribution in [0.2, 0.25) is 0 Å². The van der Waals surface area contributed by atoms with Gasteiger partial charge >= 0.3 is 0 Å². The number of hydrogen-bond donors (Lipinski definition) is 2. The summed E-state index contributed by atoms with van der Waals surface area (Å²) in [6.07, 6.45) is 3.31. The molecule has 3 aromatic rings. The summed E-state index contributed by atoms with van der Waals surface area (Å²) in [5.41, 5.74) is 2.25. The van der Waals surface area contributed by atoms with Gasteiger partial charge in [-0.05, 0) is 62.7 Å². The molecule has 2 aromatic heterocycles. The first kappa shape index (κ1) is 23.4. The fourth-order valence-corrected chi connectivity index (χ4v) is 3.89. The number of amides is 2. The molecule has 0 saturated carbocycles. The molecule has 10 nitrogen and oxygen atoms in total. The van der Waals surface area contributed by atoms with Crippen LogP contribution >= 0.6 is 0 Å². The summed E-state index contributed by atoms with van der Waals surface area (Å²) < 4.78 is 10.7. The molecule has 2 N–H and O–H groups in total. The molecule has 1 aliphatic rings. The number of piperidine rings is 1. The van der Waals surface area contributed by atoms with Crippen LogP contribution in [0.3, 0.4) is 0 Å². The van der Waals surface area contributed by atoms with Crippen molar-refractivity contribution < 1.29 is 18.8 Å². The highest BCUT2D eigenvalue weighted by Gasteiger charge is 2.26. The maximum Gasteiger partial charge on any atom is 0.243 e. The van der Waals surface area contributed by atoms with Gasteiger partial charge in [0.1, 0.15) is 11.4 Å². The van der Waals surface area contributed by atoms with E-state index >= 15 is 0 Å². The van der Waals surface area contributed by atoms with Gasteiger partial charge in [0.2, 0.25) is 23.5 Å². The van der Waals surface area contributed by atoms with Gasteiger partial charge in [0, 0.05) is 12.1 Å². The molecule has 1 aromatic carbocycles. The van der Waals surface area contributed by atoms with Crippen molar-refractivity contribution in [1.82, 2.24) is 25.3 Å². The van der Waals surface area contributed by atoms with Crippen LogP contribution in [0.1, 0.15) is 30.2 Å². The van der Waals surface area contributed by atoms with E-state index in [0.717, 1.165) is 31.5 Å². The van der Waals surface area contributed by atoms with E-state index in [1.165, 1.54) is 0 Å². The van der Waals surface area contributed by atoms with Crippen molar-refractivity contribution in [3.05, 3.63) is 54.0 Å². The number of ether oxygens (including phenoxy) is 1. The van der Waals surface area contributed by atoms with E-state index in [1.807, 2.05) is 37.3 Å².